The van der Waals surface area contributed by atoms with Crippen LogP contribution < -0.4 is 0 Å². The number of hydrogen-bond donors (Lipinski definition) is 0. The number of rotatable bonds is 5. The summed E-state index contributed by atoms with van der Waals surface area (Å²) in [7, 11) is 0. The van der Waals surface area contributed by atoms with Crippen LogP contribution in [-0.4, -0.2) is 51.1 Å². The lowest BCUT2D eigenvalue weighted by atomic mass is 10.1. The van der Waals surface area contributed by atoms with E-state index in [4.69, 9.17) is 0 Å². The molecule has 0 N–H and O–H groups in total. The fourth-order valence-electron chi connectivity index (χ4n) is 3.09. The van der Waals surface area contributed by atoms with Crippen LogP contribution in [0.5, 0.6) is 0 Å². The highest BCUT2D eigenvalue weighted by Crippen LogP contribution is 2.15. The van der Waals surface area contributed by atoms with Gasteiger partial charge in [0.25, 0.3) is 0 Å². The van der Waals surface area contributed by atoms with Crippen molar-refractivity contribution in [3.8, 4) is 0 Å². The Balaban J connectivity index is 1.92. The first-order valence-corrected chi connectivity index (χ1v) is 7.60. The first-order valence-electron chi connectivity index (χ1n) is 7.60. The fraction of sp³-hybridized carbons (Fsp3) is 0.800. The van der Waals surface area contributed by atoms with Gasteiger partial charge in [0.1, 0.15) is 5.82 Å². The first-order chi connectivity index (χ1) is 9.11. The number of nitrogens with zero attached hydrogens (tertiary/aromatic N) is 4. The van der Waals surface area contributed by atoms with Crippen molar-refractivity contribution in [3.63, 3.8) is 0 Å². The van der Waals surface area contributed by atoms with Crippen LogP contribution in [0.15, 0.2) is 12.4 Å². The Labute approximate surface area is 117 Å². The standard InChI is InChI=1S/C15H28N4/c1-5-7-18-8-6-16-15(18)12-17-9-10-19(13(2)3)14(4)11-17/h6,8,13-14H,5,7,9-12H2,1-4H3/t14-/m0/s1. The van der Waals surface area contributed by atoms with Crippen molar-refractivity contribution in [2.24, 2.45) is 0 Å². The molecule has 0 amide bonds. The van der Waals surface area contributed by atoms with Crippen LogP contribution in [0.25, 0.3) is 0 Å². The van der Waals surface area contributed by atoms with Crippen LogP contribution in [0.4, 0.5) is 0 Å². The Hall–Kier alpha value is -0.870. The second kappa shape index (κ2) is 6.53. The maximum Gasteiger partial charge on any atom is 0.122 e. The third-order valence-electron chi connectivity index (χ3n) is 4.06. The summed E-state index contributed by atoms with van der Waals surface area (Å²) in [6.07, 6.45) is 5.20. The minimum atomic E-state index is 0.642. The van der Waals surface area contributed by atoms with E-state index in [0.29, 0.717) is 12.1 Å². The molecule has 1 aliphatic heterocycles. The lowest BCUT2D eigenvalue weighted by Gasteiger charge is -2.42. The van der Waals surface area contributed by atoms with E-state index in [1.165, 1.54) is 18.8 Å². The van der Waals surface area contributed by atoms with Crippen molar-refractivity contribution in [1.82, 2.24) is 19.4 Å². The van der Waals surface area contributed by atoms with Crippen molar-refractivity contribution in [1.29, 1.82) is 0 Å². The molecule has 0 radical (unpaired) electrons. The number of aromatic nitrogens is 2. The minimum Gasteiger partial charge on any atom is -0.334 e. The third kappa shape index (κ3) is 3.57. The van der Waals surface area contributed by atoms with Gasteiger partial charge in [-0.3, -0.25) is 9.80 Å². The van der Waals surface area contributed by atoms with Crippen molar-refractivity contribution in [2.45, 2.75) is 59.3 Å². The van der Waals surface area contributed by atoms with Gasteiger partial charge < -0.3 is 4.57 Å². The molecule has 0 saturated carbocycles. The fourth-order valence-corrected chi connectivity index (χ4v) is 3.09. The van der Waals surface area contributed by atoms with E-state index >= 15 is 0 Å². The average molecular weight is 264 g/mol. The number of imidazole rings is 1. The molecule has 2 heterocycles. The lowest BCUT2D eigenvalue weighted by Crippen LogP contribution is -2.53. The Morgan fingerprint density at radius 3 is 2.79 bits per heavy atom. The van der Waals surface area contributed by atoms with Gasteiger partial charge in [-0.2, -0.15) is 0 Å². The van der Waals surface area contributed by atoms with Gasteiger partial charge in [0.15, 0.2) is 0 Å². The molecule has 0 unspecified atom stereocenters. The van der Waals surface area contributed by atoms with Crippen LogP contribution in [0.1, 0.15) is 39.9 Å². The van der Waals surface area contributed by atoms with Gasteiger partial charge in [-0.1, -0.05) is 6.92 Å². The molecule has 19 heavy (non-hydrogen) atoms. The Morgan fingerprint density at radius 2 is 2.16 bits per heavy atom. The molecular formula is C15H28N4. The predicted molar refractivity (Wildman–Crippen MR) is 79.1 cm³/mol. The van der Waals surface area contributed by atoms with Crippen LogP contribution in [-0.2, 0) is 13.1 Å². The molecule has 4 heteroatoms. The van der Waals surface area contributed by atoms with E-state index in [2.05, 4.69) is 53.2 Å². The highest BCUT2D eigenvalue weighted by Gasteiger charge is 2.25. The summed E-state index contributed by atoms with van der Waals surface area (Å²) in [6.45, 7) is 14.7. The molecule has 1 aromatic rings. The Morgan fingerprint density at radius 1 is 1.37 bits per heavy atom. The van der Waals surface area contributed by atoms with E-state index in [1.807, 2.05) is 6.20 Å². The third-order valence-corrected chi connectivity index (χ3v) is 4.06. The maximum absolute atomic E-state index is 4.52. The molecule has 0 bridgehead atoms. The van der Waals surface area contributed by atoms with Gasteiger partial charge in [0.05, 0.1) is 6.54 Å². The summed E-state index contributed by atoms with van der Waals surface area (Å²) in [4.78, 5) is 9.65. The monoisotopic (exact) mass is 264 g/mol. The van der Waals surface area contributed by atoms with Crippen molar-refractivity contribution in [2.75, 3.05) is 19.6 Å². The van der Waals surface area contributed by atoms with Gasteiger partial charge in [-0.05, 0) is 27.2 Å². The second-order valence-corrected chi connectivity index (χ2v) is 5.95. The highest BCUT2D eigenvalue weighted by atomic mass is 15.3. The van der Waals surface area contributed by atoms with Crippen LogP contribution in [0.2, 0.25) is 0 Å². The van der Waals surface area contributed by atoms with Crippen LogP contribution in [0.3, 0.4) is 0 Å². The Kier molecular flexibility index (Phi) is 4.99. The smallest absolute Gasteiger partial charge is 0.122 e. The van der Waals surface area contributed by atoms with Crippen molar-refractivity contribution in [3.05, 3.63) is 18.2 Å². The van der Waals surface area contributed by atoms with Gasteiger partial charge in [0, 0.05) is 50.7 Å². The molecule has 1 aromatic heterocycles. The quantitative estimate of drug-likeness (QED) is 0.815. The summed E-state index contributed by atoms with van der Waals surface area (Å²) < 4.78 is 2.29. The molecule has 1 atom stereocenters. The van der Waals surface area contributed by atoms with E-state index in [9.17, 15) is 0 Å². The zero-order valence-electron chi connectivity index (χ0n) is 12.8. The summed E-state index contributed by atoms with van der Waals surface area (Å²) in [5.74, 6) is 1.21. The maximum atomic E-state index is 4.52. The number of hydrogen-bond acceptors (Lipinski definition) is 3. The van der Waals surface area contributed by atoms with Gasteiger partial charge in [0.2, 0.25) is 0 Å². The average Bonchev–Trinajstić information content (AvgIpc) is 2.77. The molecule has 0 aliphatic carbocycles. The second-order valence-electron chi connectivity index (χ2n) is 5.95. The van der Waals surface area contributed by atoms with Crippen molar-refractivity contribution < 1.29 is 0 Å². The highest BCUT2D eigenvalue weighted by molar-refractivity contribution is 4.94. The summed E-state index contributed by atoms with van der Waals surface area (Å²) in [5, 5.41) is 0. The molecule has 1 fully saturated rings. The van der Waals surface area contributed by atoms with Crippen LogP contribution >= 0.6 is 0 Å². The molecule has 1 aliphatic rings. The summed E-state index contributed by atoms with van der Waals surface area (Å²) in [5.41, 5.74) is 0. The molecule has 1 saturated heterocycles. The van der Waals surface area contributed by atoms with Gasteiger partial charge >= 0.3 is 0 Å². The largest absolute Gasteiger partial charge is 0.334 e. The van der Waals surface area contributed by atoms with E-state index < -0.39 is 0 Å². The number of piperazine rings is 1. The first kappa shape index (κ1) is 14.5. The molecule has 0 aromatic carbocycles. The zero-order chi connectivity index (χ0) is 13.8. The lowest BCUT2D eigenvalue weighted by molar-refractivity contribution is 0.0546. The normalized spacial score (nSPS) is 22.3. The molecule has 2 rings (SSSR count). The van der Waals surface area contributed by atoms with Gasteiger partial charge in [-0.25, -0.2) is 4.98 Å². The van der Waals surface area contributed by atoms with E-state index in [1.54, 1.807) is 0 Å². The molecule has 108 valence electrons. The molecular weight excluding hydrogens is 236 g/mol. The predicted octanol–water partition coefficient (Wildman–Crippen LogP) is 2.21. The van der Waals surface area contributed by atoms with Crippen LogP contribution in [0, 0.1) is 0 Å². The molecule has 4 nitrogen and oxygen atoms in total. The van der Waals surface area contributed by atoms with E-state index in [-0.39, 0.29) is 0 Å². The topological polar surface area (TPSA) is 24.3 Å². The SMILES string of the molecule is CCCn1ccnc1CN1CCN(C(C)C)[C@@H](C)C1. The molecule has 0 spiro atoms. The number of aryl methyl sites for hydroxylation is 1. The van der Waals surface area contributed by atoms with Gasteiger partial charge in [-0.15, -0.1) is 0 Å². The van der Waals surface area contributed by atoms with Crippen molar-refractivity contribution >= 4 is 0 Å². The Bertz CT molecular complexity index is 385. The summed E-state index contributed by atoms with van der Waals surface area (Å²) >= 11 is 0. The summed E-state index contributed by atoms with van der Waals surface area (Å²) in [6, 6.07) is 1.29. The van der Waals surface area contributed by atoms with E-state index in [0.717, 1.165) is 26.2 Å². The minimum absolute atomic E-state index is 0.642. The zero-order valence-corrected chi connectivity index (χ0v) is 12.8.